The quantitative estimate of drug-likeness (QED) is 0.310. The fourth-order valence-corrected chi connectivity index (χ4v) is 3.84. The maximum absolute atomic E-state index is 5.66. The maximum atomic E-state index is 5.66. The number of ether oxygens (including phenoxy) is 2. The van der Waals surface area contributed by atoms with Crippen LogP contribution in [-0.2, 0) is 16.6 Å². The molecule has 0 radical (unpaired) electrons. The van der Waals surface area contributed by atoms with Gasteiger partial charge in [0.1, 0.15) is 5.75 Å². The molecule has 30 heavy (non-hydrogen) atoms. The SMILES string of the molecule is CCOc1ccc(C2(CNC(=NC)NCCc3ccccc3)CCOCC2)cc1.I. The number of hydrogen-bond donors (Lipinski definition) is 2. The third-order valence-electron chi connectivity index (χ3n) is 5.59. The fourth-order valence-electron chi connectivity index (χ4n) is 3.84. The van der Waals surface area contributed by atoms with Gasteiger partial charge in [-0.1, -0.05) is 42.5 Å². The lowest BCUT2D eigenvalue weighted by atomic mass is 9.74. The molecule has 0 saturated carbocycles. The Labute approximate surface area is 197 Å². The van der Waals surface area contributed by atoms with Gasteiger partial charge in [-0.15, -0.1) is 24.0 Å². The van der Waals surface area contributed by atoms with E-state index in [4.69, 9.17) is 9.47 Å². The minimum atomic E-state index is 0. The minimum absolute atomic E-state index is 0. The lowest BCUT2D eigenvalue weighted by Gasteiger charge is -2.38. The van der Waals surface area contributed by atoms with Crippen molar-refractivity contribution < 1.29 is 9.47 Å². The molecule has 0 spiro atoms. The molecule has 6 heteroatoms. The molecule has 0 aromatic heterocycles. The summed E-state index contributed by atoms with van der Waals surface area (Å²) in [6, 6.07) is 19.1. The van der Waals surface area contributed by atoms with E-state index < -0.39 is 0 Å². The summed E-state index contributed by atoms with van der Waals surface area (Å²) in [6.45, 7) is 5.95. The average molecular weight is 523 g/mol. The molecule has 1 saturated heterocycles. The summed E-state index contributed by atoms with van der Waals surface area (Å²) >= 11 is 0. The van der Waals surface area contributed by atoms with Crippen molar-refractivity contribution in [2.75, 3.05) is 40.0 Å². The smallest absolute Gasteiger partial charge is 0.191 e. The van der Waals surface area contributed by atoms with Crippen LogP contribution in [-0.4, -0.2) is 45.9 Å². The third-order valence-corrected chi connectivity index (χ3v) is 5.59. The summed E-state index contributed by atoms with van der Waals surface area (Å²) in [5.41, 5.74) is 2.70. The standard InChI is InChI=1S/C24H33N3O2.HI/c1-3-29-22-11-9-21(10-12-22)24(14-17-28-18-15-24)19-27-23(25-2)26-16-13-20-7-5-4-6-8-20;/h4-12H,3,13-19H2,1-2H3,(H2,25,26,27);1H. The average Bonchev–Trinajstić information content (AvgIpc) is 2.78. The molecule has 2 aromatic rings. The van der Waals surface area contributed by atoms with E-state index in [1.807, 2.05) is 20.0 Å². The van der Waals surface area contributed by atoms with Crippen molar-refractivity contribution in [1.82, 2.24) is 10.6 Å². The van der Waals surface area contributed by atoms with Crippen LogP contribution < -0.4 is 15.4 Å². The Kier molecular flexibility index (Phi) is 10.4. The number of aliphatic imine (C=N–C) groups is 1. The van der Waals surface area contributed by atoms with Gasteiger partial charge in [0.15, 0.2) is 5.96 Å². The van der Waals surface area contributed by atoms with Crippen molar-refractivity contribution in [3.8, 4) is 5.75 Å². The van der Waals surface area contributed by atoms with E-state index in [1.54, 1.807) is 0 Å². The molecule has 0 atom stereocenters. The van der Waals surface area contributed by atoms with Crippen LogP contribution in [0.15, 0.2) is 59.6 Å². The molecule has 0 unspecified atom stereocenters. The van der Waals surface area contributed by atoms with Gasteiger partial charge in [-0.2, -0.15) is 0 Å². The molecule has 2 N–H and O–H groups in total. The van der Waals surface area contributed by atoms with Crippen molar-refractivity contribution in [1.29, 1.82) is 0 Å². The van der Waals surface area contributed by atoms with Gasteiger partial charge in [-0.05, 0) is 49.4 Å². The van der Waals surface area contributed by atoms with Gasteiger partial charge in [0.05, 0.1) is 6.61 Å². The molecule has 3 rings (SSSR count). The number of nitrogens with zero attached hydrogens (tertiary/aromatic N) is 1. The largest absolute Gasteiger partial charge is 0.494 e. The number of guanidine groups is 1. The van der Waals surface area contributed by atoms with E-state index >= 15 is 0 Å². The van der Waals surface area contributed by atoms with Gasteiger partial charge in [0.25, 0.3) is 0 Å². The zero-order valence-corrected chi connectivity index (χ0v) is 20.4. The van der Waals surface area contributed by atoms with Gasteiger partial charge in [0, 0.05) is 38.8 Å². The molecule has 1 fully saturated rings. The van der Waals surface area contributed by atoms with E-state index in [-0.39, 0.29) is 29.4 Å². The molecule has 0 aliphatic carbocycles. The highest BCUT2D eigenvalue weighted by Gasteiger charge is 2.34. The van der Waals surface area contributed by atoms with Crippen LogP contribution in [0.25, 0.3) is 0 Å². The Bertz CT molecular complexity index is 760. The molecule has 1 aliphatic heterocycles. The monoisotopic (exact) mass is 523 g/mol. The van der Waals surface area contributed by atoms with Crippen LogP contribution in [0.1, 0.15) is 30.9 Å². The number of rotatable bonds is 8. The van der Waals surface area contributed by atoms with E-state index in [0.29, 0.717) is 6.61 Å². The zero-order valence-electron chi connectivity index (χ0n) is 18.0. The third kappa shape index (κ3) is 6.87. The number of nitrogens with one attached hydrogen (secondary N) is 2. The molecule has 0 amide bonds. The van der Waals surface area contributed by atoms with Crippen LogP contribution in [0.2, 0.25) is 0 Å². The second kappa shape index (κ2) is 12.8. The first kappa shape index (κ1) is 24.5. The molecule has 0 bridgehead atoms. The summed E-state index contributed by atoms with van der Waals surface area (Å²) in [5, 5.41) is 7.00. The van der Waals surface area contributed by atoms with Crippen molar-refractivity contribution >= 4 is 29.9 Å². The lowest BCUT2D eigenvalue weighted by molar-refractivity contribution is 0.0513. The van der Waals surface area contributed by atoms with Crippen molar-refractivity contribution in [3.05, 3.63) is 65.7 Å². The van der Waals surface area contributed by atoms with E-state index in [9.17, 15) is 0 Å². The van der Waals surface area contributed by atoms with Crippen LogP contribution in [0, 0.1) is 0 Å². The van der Waals surface area contributed by atoms with Crippen LogP contribution in [0.5, 0.6) is 5.75 Å². The Balaban J connectivity index is 0.00000320. The Morgan fingerprint density at radius 2 is 1.73 bits per heavy atom. The first-order chi connectivity index (χ1) is 14.3. The molecule has 164 valence electrons. The van der Waals surface area contributed by atoms with Crippen LogP contribution >= 0.6 is 24.0 Å². The number of hydrogen-bond acceptors (Lipinski definition) is 3. The maximum Gasteiger partial charge on any atom is 0.191 e. The van der Waals surface area contributed by atoms with Crippen molar-refractivity contribution in [3.63, 3.8) is 0 Å². The second-order valence-corrected chi connectivity index (χ2v) is 7.44. The van der Waals surface area contributed by atoms with Crippen molar-refractivity contribution in [2.45, 2.75) is 31.6 Å². The highest BCUT2D eigenvalue weighted by atomic mass is 127. The van der Waals surface area contributed by atoms with Gasteiger partial charge in [0.2, 0.25) is 0 Å². The van der Waals surface area contributed by atoms with Gasteiger partial charge >= 0.3 is 0 Å². The molecule has 2 aromatic carbocycles. The summed E-state index contributed by atoms with van der Waals surface area (Å²) in [7, 11) is 1.82. The first-order valence-corrected chi connectivity index (χ1v) is 10.6. The molecule has 1 heterocycles. The highest BCUT2D eigenvalue weighted by Crippen LogP contribution is 2.35. The zero-order chi connectivity index (χ0) is 20.4. The number of halogens is 1. The first-order valence-electron chi connectivity index (χ1n) is 10.6. The van der Waals surface area contributed by atoms with Crippen LogP contribution in [0.4, 0.5) is 0 Å². The topological polar surface area (TPSA) is 54.9 Å². The highest BCUT2D eigenvalue weighted by molar-refractivity contribution is 14.0. The second-order valence-electron chi connectivity index (χ2n) is 7.44. The van der Waals surface area contributed by atoms with Gasteiger partial charge in [-0.3, -0.25) is 4.99 Å². The van der Waals surface area contributed by atoms with Gasteiger partial charge < -0.3 is 20.1 Å². The molecule has 1 aliphatic rings. The lowest BCUT2D eigenvalue weighted by Crippen LogP contribution is -2.48. The van der Waals surface area contributed by atoms with Crippen molar-refractivity contribution in [2.24, 2.45) is 4.99 Å². The van der Waals surface area contributed by atoms with E-state index in [0.717, 1.165) is 57.3 Å². The predicted molar refractivity (Wildman–Crippen MR) is 134 cm³/mol. The Hall–Kier alpha value is -1.80. The summed E-state index contributed by atoms with van der Waals surface area (Å²) < 4.78 is 11.3. The predicted octanol–water partition coefficient (Wildman–Crippen LogP) is 4.16. The Morgan fingerprint density at radius 3 is 2.37 bits per heavy atom. The summed E-state index contributed by atoms with van der Waals surface area (Å²) in [5.74, 6) is 1.77. The molecule has 5 nitrogen and oxygen atoms in total. The van der Waals surface area contributed by atoms with Gasteiger partial charge in [-0.25, -0.2) is 0 Å². The molecular formula is C24H34IN3O2. The summed E-state index contributed by atoms with van der Waals surface area (Å²) in [4.78, 5) is 4.41. The Morgan fingerprint density at radius 1 is 1.03 bits per heavy atom. The number of benzene rings is 2. The minimum Gasteiger partial charge on any atom is -0.494 e. The normalized spacial score (nSPS) is 15.7. The van der Waals surface area contributed by atoms with Crippen LogP contribution in [0.3, 0.4) is 0 Å². The summed E-state index contributed by atoms with van der Waals surface area (Å²) in [6.07, 6.45) is 2.96. The van der Waals surface area contributed by atoms with E-state index in [1.165, 1.54) is 11.1 Å². The van der Waals surface area contributed by atoms with E-state index in [2.05, 4.69) is 64.2 Å². The molecular weight excluding hydrogens is 489 g/mol. The fraction of sp³-hybridized carbons (Fsp3) is 0.458.